The van der Waals surface area contributed by atoms with Gasteiger partial charge in [0.2, 0.25) is 0 Å². The van der Waals surface area contributed by atoms with Gasteiger partial charge in [-0.2, -0.15) is 0 Å². The van der Waals surface area contributed by atoms with Crippen LogP contribution in [0, 0.1) is 0 Å². The predicted octanol–water partition coefficient (Wildman–Crippen LogP) is 7.94. The number of para-hydroxylation sites is 4. The van der Waals surface area contributed by atoms with Gasteiger partial charge in [-0.05, 0) is 42.0 Å². The van der Waals surface area contributed by atoms with E-state index in [0.717, 1.165) is 6.54 Å². The molecule has 0 amide bonds. The van der Waals surface area contributed by atoms with Gasteiger partial charge in [-0.1, -0.05) is 84.9 Å². The lowest BCUT2D eigenvalue weighted by Crippen LogP contribution is -2.00. The SMILES string of the molecule is c1ccc2c(c1)c1ccccc1n2Cc1ccc(-n2c3ccccc3c3ccccc32)cc1. The minimum atomic E-state index is 0.849. The highest BCUT2D eigenvalue weighted by molar-refractivity contribution is 6.09. The fourth-order valence-corrected chi connectivity index (χ4v) is 5.31. The molecule has 7 aromatic rings. The molecule has 0 aliphatic carbocycles. The molecule has 5 aromatic carbocycles. The molecule has 0 atom stereocenters. The molecule has 2 heteroatoms. The summed E-state index contributed by atoms with van der Waals surface area (Å²) in [5, 5.41) is 5.22. The highest BCUT2D eigenvalue weighted by Crippen LogP contribution is 2.32. The van der Waals surface area contributed by atoms with E-state index >= 15 is 0 Å². The minimum absolute atomic E-state index is 0.849. The van der Waals surface area contributed by atoms with Crippen molar-refractivity contribution in [3.63, 3.8) is 0 Å². The smallest absolute Gasteiger partial charge is 0.0541 e. The van der Waals surface area contributed by atoms with E-state index in [9.17, 15) is 0 Å². The minimum Gasteiger partial charge on any atom is -0.336 e. The molecule has 0 aliphatic heterocycles. The van der Waals surface area contributed by atoms with Gasteiger partial charge >= 0.3 is 0 Å². The Morgan fingerprint density at radius 1 is 0.394 bits per heavy atom. The van der Waals surface area contributed by atoms with Crippen molar-refractivity contribution < 1.29 is 0 Å². The van der Waals surface area contributed by atoms with E-state index in [1.165, 1.54) is 54.9 Å². The molecule has 0 saturated carbocycles. The Morgan fingerprint density at radius 2 is 0.788 bits per heavy atom. The third-order valence-electron chi connectivity index (χ3n) is 6.80. The third kappa shape index (κ3) is 2.74. The van der Waals surface area contributed by atoms with Gasteiger partial charge in [0.25, 0.3) is 0 Å². The Kier molecular flexibility index (Phi) is 3.94. The number of benzene rings is 5. The molecular formula is C31H22N2. The summed E-state index contributed by atoms with van der Waals surface area (Å²) in [5.41, 5.74) is 7.54. The highest BCUT2D eigenvalue weighted by atomic mass is 15.0. The van der Waals surface area contributed by atoms with Crippen molar-refractivity contribution in [1.82, 2.24) is 9.13 Å². The van der Waals surface area contributed by atoms with Crippen LogP contribution in [0.25, 0.3) is 49.3 Å². The lowest BCUT2D eigenvalue weighted by Gasteiger charge is -2.11. The molecule has 7 rings (SSSR count). The van der Waals surface area contributed by atoms with E-state index in [1.807, 2.05) is 0 Å². The standard InChI is InChI=1S/C31H22N2/c1-5-13-28-24(9-1)25-10-2-6-14-29(25)32(28)21-22-17-19-23(20-18-22)33-30-15-7-3-11-26(30)27-12-4-8-16-31(27)33/h1-20H,21H2. The quantitative estimate of drug-likeness (QED) is 0.273. The number of nitrogens with zero attached hydrogens (tertiary/aromatic N) is 2. The summed E-state index contributed by atoms with van der Waals surface area (Å²) in [6, 6.07) is 43.8. The zero-order chi connectivity index (χ0) is 21.8. The van der Waals surface area contributed by atoms with E-state index in [1.54, 1.807) is 0 Å². The Labute approximate surface area is 191 Å². The van der Waals surface area contributed by atoms with Crippen LogP contribution in [0.2, 0.25) is 0 Å². The Morgan fingerprint density at radius 3 is 1.27 bits per heavy atom. The second kappa shape index (κ2) is 7.11. The van der Waals surface area contributed by atoms with Crippen molar-refractivity contribution in [3.05, 3.63) is 127 Å². The van der Waals surface area contributed by atoms with E-state index in [2.05, 4.69) is 130 Å². The van der Waals surface area contributed by atoms with Crippen LogP contribution in [0.5, 0.6) is 0 Å². The summed E-state index contributed by atoms with van der Waals surface area (Å²) in [7, 11) is 0. The molecule has 0 bridgehead atoms. The molecule has 0 unspecified atom stereocenters. The Hall–Kier alpha value is -4.30. The van der Waals surface area contributed by atoms with E-state index in [0.29, 0.717) is 0 Å². The zero-order valence-corrected chi connectivity index (χ0v) is 18.1. The number of fused-ring (bicyclic) bond motifs is 6. The first-order valence-corrected chi connectivity index (χ1v) is 11.4. The van der Waals surface area contributed by atoms with Crippen molar-refractivity contribution in [2.45, 2.75) is 6.54 Å². The van der Waals surface area contributed by atoms with Crippen LogP contribution in [0.1, 0.15) is 5.56 Å². The fourth-order valence-electron chi connectivity index (χ4n) is 5.31. The molecule has 0 radical (unpaired) electrons. The van der Waals surface area contributed by atoms with Crippen LogP contribution in [-0.4, -0.2) is 9.13 Å². The maximum atomic E-state index is 2.43. The van der Waals surface area contributed by atoms with Crippen LogP contribution in [-0.2, 0) is 6.54 Å². The van der Waals surface area contributed by atoms with Crippen molar-refractivity contribution in [2.75, 3.05) is 0 Å². The molecule has 2 nitrogen and oxygen atoms in total. The van der Waals surface area contributed by atoms with Gasteiger partial charge in [0.15, 0.2) is 0 Å². The molecule has 0 spiro atoms. The summed E-state index contributed by atoms with van der Waals surface area (Å²) >= 11 is 0. The number of aromatic nitrogens is 2. The molecule has 33 heavy (non-hydrogen) atoms. The normalized spacial score (nSPS) is 11.8. The Bertz CT molecular complexity index is 1680. The first-order valence-electron chi connectivity index (χ1n) is 11.4. The van der Waals surface area contributed by atoms with E-state index in [4.69, 9.17) is 0 Å². The molecule has 0 saturated heterocycles. The van der Waals surface area contributed by atoms with Gasteiger partial charge in [-0.15, -0.1) is 0 Å². The zero-order valence-electron chi connectivity index (χ0n) is 18.1. The first-order chi connectivity index (χ1) is 16.4. The fraction of sp³-hybridized carbons (Fsp3) is 0.0323. The van der Waals surface area contributed by atoms with Crippen LogP contribution in [0.3, 0.4) is 0 Å². The molecular weight excluding hydrogens is 400 g/mol. The lowest BCUT2D eigenvalue weighted by atomic mass is 10.2. The van der Waals surface area contributed by atoms with Gasteiger partial charge in [-0.3, -0.25) is 0 Å². The lowest BCUT2D eigenvalue weighted by molar-refractivity contribution is 0.868. The van der Waals surface area contributed by atoms with Crippen molar-refractivity contribution in [2.24, 2.45) is 0 Å². The summed E-state index contributed by atoms with van der Waals surface area (Å²) < 4.78 is 4.80. The van der Waals surface area contributed by atoms with Crippen molar-refractivity contribution in [3.8, 4) is 5.69 Å². The predicted molar refractivity (Wildman–Crippen MR) is 139 cm³/mol. The summed E-state index contributed by atoms with van der Waals surface area (Å²) in [6.45, 7) is 0.849. The maximum Gasteiger partial charge on any atom is 0.0541 e. The van der Waals surface area contributed by atoms with Crippen LogP contribution in [0.15, 0.2) is 121 Å². The number of rotatable bonds is 3. The first kappa shape index (κ1) is 18.3. The maximum absolute atomic E-state index is 2.43. The topological polar surface area (TPSA) is 9.86 Å². The summed E-state index contributed by atoms with van der Waals surface area (Å²) in [4.78, 5) is 0. The summed E-state index contributed by atoms with van der Waals surface area (Å²) in [5.74, 6) is 0. The van der Waals surface area contributed by atoms with Gasteiger partial charge in [-0.25, -0.2) is 0 Å². The van der Waals surface area contributed by atoms with Gasteiger partial charge in [0.05, 0.1) is 11.0 Å². The van der Waals surface area contributed by atoms with Crippen LogP contribution >= 0.6 is 0 Å². The van der Waals surface area contributed by atoms with E-state index < -0.39 is 0 Å². The molecule has 2 aromatic heterocycles. The third-order valence-corrected chi connectivity index (χ3v) is 6.80. The second-order valence-corrected chi connectivity index (χ2v) is 8.66. The van der Waals surface area contributed by atoms with Gasteiger partial charge < -0.3 is 9.13 Å². The summed E-state index contributed by atoms with van der Waals surface area (Å²) in [6.07, 6.45) is 0. The highest BCUT2D eigenvalue weighted by Gasteiger charge is 2.12. The molecule has 0 aliphatic rings. The largest absolute Gasteiger partial charge is 0.336 e. The van der Waals surface area contributed by atoms with Crippen LogP contribution < -0.4 is 0 Å². The molecule has 156 valence electrons. The molecule has 2 heterocycles. The van der Waals surface area contributed by atoms with Crippen molar-refractivity contribution in [1.29, 1.82) is 0 Å². The second-order valence-electron chi connectivity index (χ2n) is 8.66. The monoisotopic (exact) mass is 422 g/mol. The average molecular weight is 423 g/mol. The van der Waals surface area contributed by atoms with Gasteiger partial charge in [0.1, 0.15) is 0 Å². The van der Waals surface area contributed by atoms with Crippen LogP contribution in [0.4, 0.5) is 0 Å². The van der Waals surface area contributed by atoms with Crippen molar-refractivity contribution >= 4 is 43.6 Å². The number of hydrogen-bond donors (Lipinski definition) is 0. The van der Waals surface area contributed by atoms with Gasteiger partial charge in [0, 0.05) is 44.8 Å². The Balaban J connectivity index is 1.35. The molecule has 0 N–H and O–H groups in total. The molecule has 0 fully saturated rings. The average Bonchev–Trinajstić information content (AvgIpc) is 3.38. The van der Waals surface area contributed by atoms with E-state index in [-0.39, 0.29) is 0 Å². The number of hydrogen-bond acceptors (Lipinski definition) is 0.